The van der Waals surface area contributed by atoms with Crippen LogP contribution in [0.5, 0.6) is 0 Å². The molecule has 2 N–H and O–H groups in total. The second-order valence-corrected chi connectivity index (χ2v) is 4.89. The van der Waals surface area contributed by atoms with E-state index in [9.17, 15) is 0 Å². The molecule has 1 heterocycles. The Kier molecular flexibility index (Phi) is 4.57. The lowest BCUT2D eigenvalue weighted by Gasteiger charge is -2.38. The molecule has 0 aliphatic heterocycles. The van der Waals surface area contributed by atoms with Crippen LogP contribution in [0.3, 0.4) is 0 Å². The van der Waals surface area contributed by atoms with E-state index in [0.717, 1.165) is 25.4 Å². The van der Waals surface area contributed by atoms with Crippen molar-refractivity contribution in [1.29, 1.82) is 0 Å². The lowest BCUT2D eigenvalue weighted by atomic mass is 9.83. The molecule has 17 heavy (non-hydrogen) atoms. The van der Waals surface area contributed by atoms with Gasteiger partial charge in [0.05, 0.1) is 12.7 Å². The van der Waals surface area contributed by atoms with E-state index in [-0.39, 0.29) is 0 Å². The Morgan fingerprint density at radius 2 is 2.29 bits per heavy atom. The average molecular weight is 237 g/mol. The molecule has 1 aliphatic rings. The van der Waals surface area contributed by atoms with Crippen molar-refractivity contribution in [1.82, 2.24) is 10.1 Å². The number of hydrogen-bond acceptors (Lipinski definition) is 4. The Morgan fingerprint density at radius 3 is 2.94 bits per heavy atom. The van der Waals surface area contributed by atoms with Crippen molar-refractivity contribution in [2.75, 3.05) is 13.1 Å². The minimum atomic E-state index is 0.615. The zero-order chi connectivity index (χ0) is 12.1. The highest BCUT2D eigenvalue weighted by Crippen LogP contribution is 2.28. The minimum absolute atomic E-state index is 0.615. The first-order valence-electron chi connectivity index (χ1n) is 6.68. The van der Waals surface area contributed by atoms with E-state index in [1.807, 2.05) is 6.07 Å². The highest BCUT2D eigenvalue weighted by atomic mass is 16.5. The van der Waals surface area contributed by atoms with Gasteiger partial charge in [-0.25, -0.2) is 0 Å². The summed E-state index contributed by atoms with van der Waals surface area (Å²) in [7, 11) is 0. The lowest BCUT2D eigenvalue weighted by Crippen LogP contribution is -2.44. The molecule has 4 heteroatoms. The van der Waals surface area contributed by atoms with Crippen LogP contribution < -0.4 is 5.73 Å². The maximum atomic E-state index is 5.90. The predicted octanol–water partition coefficient (Wildman–Crippen LogP) is 2.01. The standard InChI is InChI=1S/C13H23N3O/c1-2-16(10-12-7-8-15-17-12)13-6-4-3-5-11(13)9-14/h7-8,11,13H,2-6,9-10,14H2,1H3. The molecule has 4 nitrogen and oxygen atoms in total. The molecule has 1 aromatic heterocycles. The fourth-order valence-electron chi connectivity index (χ4n) is 2.93. The second-order valence-electron chi connectivity index (χ2n) is 4.89. The first-order valence-corrected chi connectivity index (χ1v) is 6.68. The van der Waals surface area contributed by atoms with E-state index < -0.39 is 0 Å². The fourth-order valence-corrected chi connectivity index (χ4v) is 2.93. The van der Waals surface area contributed by atoms with Gasteiger partial charge in [0.15, 0.2) is 5.76 Å². The molecule has 2 rings (SSSR count). The van der Waals surface area contributed by atoms with Crippen LogP contribution in [0.1, 0.15) is 38.4 Å². The first kappa shape index (κ1) is 12.6. The van der Waals surface area contributed by atoms with Crippen molar-refractivity contribution >= 4 is 0 Å². The highest BCUT2D eigenvalue weighted by molar-refractivity contribution is 4.94. The Balaban J connectivity index is 2.00. The van der Waals surface area contributed by atoms with E-state index in [1.54, 1.807) is 6.20 Å². The highest BCUT2D eigenvalue weighted by Gasteiger charge is 2.28. The van der Waals surface area contributed by atoms with Gasteiger partial charge in [0.1, 0.15) is 0 Å². The predicted molar refractivity (Wildman–Crippen MR) is 67.4 cm³/mol. The molecule has 2 unspecified atom stereocenters. The van der Waals surface area contributed by atoms with Gasteiger partial charge in [0.25, 0.3) is 0 Å². The van der Waals surface area contributed by atoms with Crippen LogP contribution in [0, 0.1) is 5.92 Å². The number of nitrogens with two attached hydrogens (primary N) is 1. The van der Waals surface area contributed by atoms with E-state index in [2.05, 4.69) is 17.0 Å². The maximum Gasteiger partial charge on any atom is 0.150 e. The van der Waals surface area contributed by atoms with Crippen molar-refractivity contribution < 1.29 is 4.52 Å². The summed E-state index contributed by atoms with van der Waals surface area (Å²) in [6.07, 6.45) is 6.91. The number of hydrogen-bond donors (Lipinski definition) is 1. The van der Waals surface area contributed by atoms with E-state index in [0.29, 0.717) is 12.0 Å². The normalized spacial score (nSPS) is 25.4. The fraction of sp³-hybridized carbons (Fsp3) is 0.769. The van der Waals surface area contributed by atoms with Crippen LogP contribution in [0.25, 0.3) is 0 Å². The first-order chi connectivity index (χ1) is 8.35. The van der Waals surface area contributed by atoms with Crippen molar-refractivity contribution in [2.24, 2.45) is 11.7 Å². The third-order valence-corrected chi connectivity index (χ3v) is 3.90. The molecule has 0 radical (unpaired) electrons. The summed E-state index contributed by atoms with van der Waals surface area (Å²) in [5.74, 6) is 1.60. The summed E-state index contributed by atoms with van der Waals surface area (Å²) in [5.41, 5.74) is 5.90. The SMILES string of the molecule is CCN(Cc1ccno1)C1CCCCC1CN. The van der Waals surface area contributed by atoms with Gasteiger partial charge < -0.3 is 10.3 Å². The molecule has 0 spiro atoms. The molecule has 1 fully saturated rings. The third kappa shape index (κ3) is 3.07. The summed E-state index contributed by atoms with van der Waals surface area (Å²) in [4.78, 5) is 2.48. The van der Waals surface area contributed by atoms with Gasteiger partial charge in [0, 0.05) is 12.1 Å². The summed E-state index contributed by atoms with van der Waals surface area (Å²) in [6, 6.07) is 2.56. The number of aromatic nitrogens is 1. The third-order valence-electron chi connectivity index (χ3n) is 3.90. The van der Waals surface area contributed by atoms with E-state index >= 15 is 0 Å². The molecule has 0 amide bonds. The van der Waals surface area contributed by atoms with Crippen LogP contribution >= 0.6 is 0 Å². The van der Waals surface area contributed by atoms with Gasteiger partial charge in [-0.1, -0.05) is 24.9 Å². The summed E-state index contributed by atoms with van der Waals surface area (Å²) >= 11 is 0. The maximum absolute atomic E-state index is 5.90. The molecule has 0 aromatic carbocycles. The van der Waals surface area contributed by atoms with Gasteiger partial charge in [-0.2, -0.15) is 0 Å². The summed E-state index contributed by atoms with van der Waals surface area (Å²) < 4.78 is 5.20. The quantitative estimate of drug-likeness (QED) is 0.851. The lowest BCUT2D eigenvalue weighted by molar-refractivity contribution is 0.0960. The largest absolute Gasteiger partial charge is 0.360 e. The monoisotopic (exact) mass is 237 g/mol. The van der Waals surface area contributed by atoms with Crippen molar-refractivity contribution in [3.05, 3.63) is 18.0 Å². The average Bonchev–Trinajstić information content (AvgIpc) is 2.89. The van der Waals surface area contributed by atoms with Gasteiger partial charge >= 0.3 is 0 Å². The van der Waals surface area contributed by atoms with Gasteiger partial charge in [-0.3, -0.25) is 4.90 Å². The molecule has 96 valence electrons. The molecule has 1 aromatic rings. The number of nitrogens with zero attached hydrogens (tertiary/aromatic N) is 2. The molecular weight excluding hydrogens is 214 g/mol. The van der Waals surface area contributed by atoms with Crippen LogP contribution in [0.4, 0.5) is 0 Å². The van der Waals surface area contributed by atoms with Gasteiger partial charge in [-0.05, 0) is 31.8 Å². The second kappa shape index (κ2) is 6.17. The van der Waals surface area contributed by atoms with Crippen LogP contribution in [-0.4, -0.2) is 29.2 Å². The Bertz CT molecular complexity index is 312. The van der Waals surface area contributed by atoms with E-state index in [1.165, 1.54) is 25.7 Å². The molecule has 0 bridgehead atoms. The van der Waals surface area contributed by atoms with Crippen LogP contribution in [0.2, 0.25) is 0 Å². The molecule has 0 saturated heterocycles. The Labute approximate surface area is 103 Å². The van der Waals surface area contributed by atoms with Crippen molar-refractivity contribution in [2.45, 2.75) is 45.2 Å². The van der Waals surface area contributed by atoms with Crippen LogP contribution in [0.15, 0.2) is 16.8 Å². The van der Waals surface area contributed by atoms with Gasteiger partial charge in [-0.15, -0.1) is 0 Å². The summed E-state index contributed by atoms with van der Waals surface area (Å²) in [5, 5.41) is 3.77. The molecule has 1 saturated carbocycles. The molecule has 2 atom stereocenters. The van der Waals surface area contributed by atoms with Crippen molar-refractivity contribution in [3.8, 4) is 0 Å². The molecule has 1 aliphatic carbocycles. The molecular formula is C13H23N3O. The number of rotatable bonds is 5. The van der Waals surface area contributed by atoms with Crippen LogP contribution in [-0.2, 0) is 6.54 Å². The Hall–Kier alpha value is -0.870. The van der Waals surface area contributed by atoms with E-state index in [4.69, 9.17) is 10.3 Å². The topological polar surface area (TPSA) is 55.3 Å². The Morgan fingerprint density at radius 1 is 1.47 bits per heavy atom. The smallest absolute Gasteiger partial charge is 0.150 e. The zero-order valence-electron chi connectivity index (χ0n) is 10.6. The van der Waals surface area contributed by atoms with Gasteiger partial charge in [0.2, 0.25) is 0 Å². The minimum Gasteiger partial charge on any atom is -0.360 e. The van der Waals surface area contributed by atoms with Crippen molar-refractivity contribution in [3.63, 3.8) is 0 Å². The zero-order valence-corrected chi connectivity index (χ0v) is 10.6. The summed E-state index contributed by atoms with van der Waals surface area (Å²) in [6.45, 7) is 4.91.